The molecule has 108 valence electrons. The van der Waals surface area contributed by atoms with Gasteiger partial charge in [0.05, 0.1) is 0 Å². The molecule has 0 radical (unpaired) electrons. The van der Waals surface area contributed by atoms with Gasteiger partial charge in [0.25, 0.3) is 0 Å². The molecule has 2 rings (SSSR count). The highest BCUT2D eigenvalue weighted by atomic mass is 19.3. The van der Waals surface area contributed by atoms with Crippen LogP contribution in [0.3, 0.4) is 0 Å². The number of alkyl halides is 2. The highest BCUT2D eigenvalue weighted by Crippen LogP contribution is 2.57. The molecule has 1 aliphatic heterocycles. The van der Waals surface area contributed by atoms with Crippen molar-refractivity contribution in [2.75, 3.05) is 6.54 Å². The Hall–Kier alpha value is -1.20. The normalized spacial score (nSPS) is 25.1. The number of hydrogen-bond acceptors (Lipinski definition) is 3. The van der Waals surface area contributed by atoms with E-state index in [0.29, 0.717) is 6.42 Å². The Kier molecular flexibility index (Phi) is 3.10. The first kappa shape index (κ1) is 14.2. The number of piperidine rings is 1. The van der Waals surface area contributed by atoms with Crippen LogP contribution in [0.2, 0.25) is 0 Å². The van der Waals surface area contributed by atoms with Crippen molar-refractivity contribution in [1.82, 2.24) is 4.90 Å². The maximum atomic E-state index is 13.0. The Bertz CT molecular complexity index is 407. The van der Waals surface area contributed by atoms with Crippen molar-refractivity contribution in [1.29, 1.82) is 0 Å². The van der Waals surface area contributed by atoms with Crippen LogP contribution in [0.25, 0.3) is 0 Å². The second-order valence-electron chi connectivity index (χ2n) is 6.66. The van der Waals surface area contributed by atoms with Gasteiger partial charge in [-0.1, -0.05) is 0 Å². The van der Waals surface area contributed by atoms with Gasteiger partial charge in [-0.15, -0.1) is 0 Å². The number of amides is 2. The zero-order valence-electron chi connectivity index (χ0n) is 11.5. The van der Waals surface area contributed by atoms with Gasteiger partial charge in [-0.05, 0) is 32.6 Å². The Balaban J connectivity index is 1.95. The van der Waals surface area contributed by atoms with Gasteiger partial charge in [-0.3, -0.25) is 4.79 Å². The summed E-state index contributed by atoms with van der Waals surface area (Å²) in [6.45, 7) is 5.32. The molecule has 1 aliphatic carbocycles. The lowest BCUT2D eigenvalue weighted by Gasteiger charge is -2.50. The standard InChI is InChI=1S/C13H19F2NO3/c1-11(2,3)19-10(18)16-5-4-12(6-9(16)17)7-13(14,15)8-12/h4-8H2,1-3H3. The Labute approximate surface area is 111 Å². The highest BCUT2D eigenvalue weighted by molar-refractivity contribution is 5.93. The predicted molar refractivity (Wildman–Crippen MR) is 63.8 cm³/mol. The molecule has 4 nitrogen and oxygen atoms in total. The van der Waals surface area contributed by atoms with Crippen LogP contribution in [0, 0.1) is 5.41 Å². The lowest BCUT2D eigenvalue weighted by Crippen LogP contribution is -2.55. The maximum absolute atomic E-state index is 13.0. The minimum Gasteiger partial charge on any atom is -0.443 e. The number of carbonyl (C=O) groups excluding carboxylic acids is 2. The summed E-state index contributed by atoms with van der Waals surface area (Å²) in [6, 6.07) is 0. The third-order valence-corrected chi connectivity index (χ3v) is 3.57. The molecule has 1 spiro atoms. The summed E-state index contributed by atoms with van der Waals surface area (Å²) >= 11 is 0. The van der Waals surface area contributed by atoms with Crippen molar-refractivity contribution in [2.24, 2.45) is 5.41 Å². The van der Waals surface area contributed by atoms with Crippen LogP contribution in [-0.4, -0.2) is 35.0 Å². The van der Waals surface area contributed by atoms with Gasteiger partial charge >= 0.3 is 6.09 Å². The average molecular weight is 275 g/mol. The van der Waals surface area contributed by atoms with Gasteiger partial charge in [0.2, 0.25) is 11.8 Å². The lowest BCUT2D eigenvalue weighted by atomic mass is 9.61. The molecule has 0 atom stereocenters. The van der Waals surface area contributed by atoms with E-state index in [4.69, 9.17) is 4.74 Å². The molecule has 2 aliphatic rings. The minimum atomic E-state index is -2.64. The maximum Gasteiger partial charge on any atom is 0.417 e. The van der Waals surface area contributed by atoms with Gasteiger partial charge < -0.3 is 4.74 Å². The fourth-order valence-corrected chi connectivity index (χ4v) is 2.84. The van der Waals surface area contributed by atoms with Crippen LogP contribution in [-0.2, 0) is 9.53 Å². The van der Waals surface area contributed by atoms with Crippen LogP contribution in [0.5, 0.6) is 0 Å². The Morgan fingerprint density at radius 2 is 1.89 bits per heavy atom. The molecule has 1 saturated carbocycles. The number of hydrogen-bond donors (Lipinski definition) is 0. The quantitative estimate of drug-likeness (QED) is 0.683. The van der Waals surface area contributed by atoms with E-state index >= 15 is 0 Å². The number of imide groups is 1. The molecular weight excluding hydrogens is 256 g/mol. The van der Waals surface area contributed by atoms with E-state index in [-0.39, 0.29) is 25.8 Å². The topological polar surface area (TPSA) is 46.6 Å². The zero-order valence-corrected chi connectivity index (χ0v) is 11.5. The molecule has 19 heavy (non-hydrogen) atoms. The number of likely N-dealkylation sites (tertiary alicyclic amines) is 1. The fraction of sp³-hybridized carbons (Fsp3) is 0.846. The van der Waals surface area contributed by atoms with Gasteiger partial charge in [0.15, 0.2) is 0 Å². The van der Waals surface area contributed by atoms with E-state index in [1.807, 2.05) is 0 Å². The first-order valence-corrected chi connectivity index (χ1v) is 6.43. The number of carbonyl (C=O) groups is 2. The lowest BCUT2D eigenvalue weighted by molar-refractivity contribution is -0.183. The predicted octanol–water partition coefficient (Wildman–Crippen LogP) is 2.96. The smallest absolute Gasteiger partial charge is 0.417 e. The third-order valence-electron chi connectivity index (χ3n) is 3.57. The number of nitrogens with zero attached hydrogens (tertiary/aromatic N) is 1. The Morgan fingerprint density at radius 3 is 2.32 bits per heavy atom. The van der Waals surface area contributed by atoms with Crippen molar-refractivity contribution in [3.63, 3.8) is 0 Å². The number of halogens is 2. The van der Waals surface area contributed by atoms with Crippen molar-refractivity contribution in [3.05, 3.63) is 0 Å². The molecule has 2 fully saturated rings. The molecule has 0 N–H and O–H groups in total. The number of rotatable bonds is 0. The van der Waals surface area contributed by atoms with Crippen molar-refractivity contribution < 1.29 is 23.1 Å². The average Bonchev–Trinajstić information content (AvgIpc) is 2.10. The van der Waals surface area contributed by atoms with Crippen LogP contribution < -0.4 is 0 Å². The largest absolute Gasteiger partial charge is 0.443 e. The summed E-state index contributed by atoms with van der Waals surface area (Å²) in [6.07, 6.45) is -0.713. The van der Waals surface area contributed by atoms with E-state index in [0.717, 1.165) is 4.90 Å². The van der Waals surface area contributed by atoms with Crippen LogP contribution in [0.1, 0.15) is 46.5 Å². The van der Waals surface area contributed by atoms with Gasteiger partial charge in [-0.25, -0.2) is 18.5 Å². The monoisotopic (exact) mass is 275 g/mol. The molecule has 0 aromatic carbocycles. The molecule has 1 heterocycles. The highest BCUT2D eigenvalue weighted by Gasteiger charge is 2.59. The summed E-state index contributed by atoms with van der Waals surface area (Å²) in [5, 5.41) is 0. The second kappa shape index (κ2) is 4.15. The molecule has 0 aromatic rings. The van der Waals surface area contributed by atoms with Crippen LogP contribution >= 0.6 is 0 Å². The van der Waals surface area contributed by atoms with Gasteiger partial charge in [-0.2, -0.15) is 0 Å². The minimum absolute atomic E-state index is 0.0157. The summed E-state index contributed by atoms with van der Waals surface area (Å²) in [4.78, 5) is 24.8. The number of ether oxygens (including phenoxy) is 1. The molecule has 6 heteroatoms. The third kappa shape index (κ3) is 3.04. The van der Waals surface area contributed by atoms with Crippen LogP contribution in [0.15, 0.2) is 0 Å². The van der Waals surface area contributed by atoms with Crippen molar-refractivity contribution in [3.8, 4) is 0 Å². The van der Waals surface area contributed by atoms with E-state index in [2.05, 4.69) is 0 Å². The molecule has 0 bridgehead atoms. The second-order valence-corrected chi connectivity index (χ2v) is 6.66. The fourth-order valence-electron chi connectivity index (χ4n) is 2.84. The SMILES string of the molecule is CC(C)(C)OC(=O)N1CCC2(CC1=O)CC(F)(F)C2. The zero-order chi connectivity index (χ0) is 14.5. The molecular formula is C13H19F2NO3. The first-order chi connectivity index (χ1) is 8.52. The van der Waals surface area contributed by atoms with Gasteiger partial charge in [0, 0.05) is 25.8 Å². The van der Waals surface area contributed by atoms with Crippen molar-refractivity contribution >= 4 is 12.0 Å². The van der Waals surface area contributed by atoms with E-state index in [9.17, 15) is 18.4 Å². The molecule has 0 aromatic heterocycles. The molecule has 0 unspecified atom stereocenters. The van der Waals surface area contributed by atoms with E-state index < -0.39 is 28.9 Å². The summed E-state index contributed by atoms with van der Waals surface area (Å²) < 4.78 is 31.0. The summed E-state index contributed by atoms with van der Waals surface area (Å²) in [7, 11) is 0. The van der Waals surface area contributed by atoms with E-state index in [1.165, 1.54) is 0 Å². The Morgan fingerprint density at radius 1 is 1.32 bits per heavy atom. The molecule has 2 amide bonds. The van der Waals surface area contributed by atoms with E-state index in [1.54, 1.807) is 20.8 Å². The first-order valence-electron chi connectivity index (χ1n) is 6.43. The van der Waals surface area contributed by atoms with Gasteiger partial charge in [0.1, 0.15) is 5.60 Å². The summed E-state index contributed by atoms with van der Waals surface area (Å²) in [5.74, 6) is -3.05. The van der Waals surface area contributed by atoms with Crippen LogP contribution in [0.4, 0.5) is 13.6 Å². The summed E-state index contributed by atoms with van der Waals surface area (Å²) in [5.41, 5.74) is -1.27. The molecule has 1 saturated heterocycles. The van der Waals surface area contributed by atoms with Crippen molar-refractivity contribution in [2.45, 2.75) is 58.0 Å².